The first kappa shape index (κ1) is 20.7. The van der Waals surface area contributed by atoms with E-state index in [-0.39, 0.29) is 23.1 Å². The maximum absolute atomic E-state index is 12.7. The van der Waals surface area contributed by atoms with Gasteiger partial charge < -0.3 is 10.2 Å². The summed E-state index contributed by atoms with van der Waals surface area (Å²) in [7, 11) is 0. The van der Waals surface area contributed by atoms with Crippen molar-refractivity contribution < 1.29 is 9.72 Å². The molecule has 0 saturated carbocycles. The standard InChI is InChI=1S/C20H25N5O4/c1-3-10-23-11-8-15(9-12-23)21-20(27)19-18(26)13-14(2)24(22-19)16-6-4-5-7-17(16)25(28)29/h4-7,13,15H,3,8-12H2,1-2H3,(H,21,27). The van der Waals surface area contributed by atoms with E-state index in [9.17, 15) is 19.7 Å². The fourth-order valence-electron chi connectivity index (χ4n) is 3.62. The molecule has 1 aliphatic heterocycles. The van der Waals surface area contributed by atoms with E-state index in [2.05, 4.69) is 22.2 Å². The first-order chi connectivity index (χ1) is 13.9. The molecule has 1 aromatic carbocycles. The zero-order chi connectivity index (χ0) is 21.0. The van der Waals surface area contributed by atoms with Crippen molar-refractivity contribution in [1.82, 2.24) is 20.0 Å². The molecule has 154 valence electrons. The third-order valence-corrected chi connectivity index (χ3v) is 5.09. The van der Waals surface area contributed by atoms with Gasteiger partial charge in [-0.1, -0.05) is 19.1 Å². The molecule has 3 rings (SSSR count). The monoisotopic (exact) mass is 399 g/mol. The van der Waals surface area contributed by atoms with E-state index in [0.29, 0.717) is 5.69 Å². The number of para-hydroxylation sites is 2. The van der Waals surface area contributed by atoms with Gasteiger partial charge in [-0.15, -0.1) is 0 Å². The van der Waals surface area contributed by atoms with Gasteiger partial charge in [-0.05, 0) is 38.8 Å². The van der Waals surface area contributed by atoms with Crippen molar-refractivity contribution in [2.24, 2.45) is 0 Å². The first-order valence-corrected chi connectivity index (χ1v) is 9.78. The number of likely N-dealkylation sites (tertiary alicyclic amines) is 1. The first-order valence-electron chi connectivity index (χ1n) is 9.78. The van der Waals surface area contributed by atoms with Crippen LogP contribution >= 0.6 is 0 Å². The quantitative estimate of drug-likeness (QED) is 0.588. The molecule has 9 nitrogen and oxygen atoms in total. The Hall–Kier alpha value is -3.07. The summed E-state index contributed by atoms with van der Waals surface area (Å²) in [5, 5.41) is 18.4. The van der Waals surface area contributed by atoms with Gasteiger partial charge in [0, 0.05) is 37.0 Å². The van der Waals surface area contributed by atoms with E-state index in [1.807, 2.05) is 0 Å². The molecule has 1 N–H and O–H groups in total. The van der Waals surface area contributed by atoms with Crippen LogP contribution in [0.2, 0.25) is 0 Å². The minimum absolute atomic E-state index is 0.0161. The summed E-state index contributed by atoms with van der Waals surface area (Å²) in [4.78, 5) is 38.3. The summed E-state index contributed by atoms with van der Waals surface area (Å²) in [6, 6.07) is 7.36. The lowest BCUT2D eigenvalue weighted by atomic mass is 10.0. The number of carbonyl (C=O) groups excluding carboxylic acids is 1. The zero-order valence-corrected chi connectivity index (χ0v) is 16.6. The van der Waals surface area contributed by atoms with E-state index >= 15 is 0 Å². The average molecular weight is 399 g/mol. The van der Waals surface area contributed by atoms with Crippen LogP contribution in [0.5, 0.6) is 0 Å². The van der Waals surface area contributed by atoms with Crippen LogP contribution in [0.25, 0.3) is 5.69 Å². The number of amides is 1. The highest BCUT2D eigenvalue weighted by molar-refractivity contribution is 5.92. The Labute approximate surface area is 168 Å². The van der Waals surface area contributed by atoms with Crippen LogP contribution in [0.1, 0.15) is 42.4 Å². The summed E-state index contributed by atoms with van der Waals surface area (Å²) in [5.41, 5.74) is -0.296. The lowest BCUT2D eigenvalue weighted by molar-refractivity contribution is -0.384. The number of nitro benzene ring substituents is 1. The van der Waals surface area contributed by atoms with Gasteiger partial charge in [0.15, 0.2) is 5.69 Å². The van der Waals surface area contributed by atoms with Crippen LogP contribution in [0, 0.1) is 17.0 Å². The fraction of sp³-hybridized carbons (Fsp3) is 0.450. The molecule has 0 bridgehead atoms. The van der Waals surface area contributed by atoms with Crippen molar-refractivity contribution in [3.63, 3.8) is 0 Å². The third kappa shape index (κ3) is 4.68. The highest BCUT2D eigenvalue weighted by atomic mass is 16.6. The Morgan fingerprint density at radius 3 is 2.66 bits per heavy atom. The average Bonchev–Trinajstić information content (AvgIpc) is 2.69. The summed E-state index contributed by atoms with van der Waals surface area (Å²) in [6.07, 6.45) is 2.72. The number of nitrogens with zero attached hydrogens (tertiary/aromatic N) is 4. The number of carbonyl (C=O) groups is 1. The molecule has 0 spiro atoms. The molecular formula is C20H25N5O4. The minimum Gasteiger partial charge on any atom is -0.348 e. The van der Waals surface area contributed by atoms with Crippen molar-refractivity contribution in [2.75, 3.05) is 19.6 Å². The Balaban J connectivity index is 1.84. The molecule has 2 heterocycles. The van der Waals surface area contributed by atoms with Crippen molar-refractivity contribution in [2.45, 2.75) is 39.2 Å². The second-order valence-electron chi connectivity index (χ2n) is 7.25. The van der Waals surface area contributed by atoms with Gasteiger partial charge in [0.2, 0.25) is 5.43 Å². The van der Waals surface area contributed by atoms with E-state index < -0.39 is 16.3 Å². The number of aryl methyl sites for hydroxylation is 1. The highest BCUT2D eigenvalue weighted by Gasteiger charge is 2.24. The summed E-state index contributed by atoms with van der Waals surface area (Å²) >= 11 is 0. The van der Waals surface area contributed by atoms with Gasteiger partial charge in [-0.25, -0.2) is 4.68 Å². The van der Waals surface area contributed by atoms with E-state index in [0.717, 1.165) is 38.9 Å². The second kappa shape index (κ2) is 8.95. The Morgan fingerprint density at radius 2 is 2.00 bits per heavy atom. The SMILES string of the molecule is CCCN1CCC(NC(=O)c2nn(-c3ccccc3[N+](=O)[O-])c(C)cc2=O)CC1. The summed E-state index contributed by atoms with van der Waals surface area (Å²) < 4.78 is 1.28. The lowest BCUT2D eigenvalue weighted by Crippen LogP contribution is -2.46. The van der Waals surface area contributed by atoms with E-state index in [1.165, 1.54) is 22.9 Å². The van der Waals surface area contributed by atoms with Crippen molar-refractivity contribution >= 4 is 11.6 Å². The molecule has 0 radical (unpaired) electrons. The molecule has 0 unspecified atom stereocenters. The van der Waals surface area contributed by atoms with Crippen LogP contribution < -0.4 is 10.7 Å². The number of aromatic nitrogens is 2. The predicted octanol–water partition coefficient (Wildman–Crippen LogP) is 2.05. The number of rotatable bonds is 6. The largest absolute Gasteiger partial charge is 0.348 e. The van der Waals surface area contributed by atoms with Crippen LogP contribution in [-0.2, 0) is 0 Å². The predicted molar refractivity (Wildman–Crippen MR) is 108 cm³/mol. The van der Waals surface area contributed by atoms with Crippen LogP contribution in [0.4, 0.5) is 5.69 Å². The molecule has 1 aliphatic rings. The Bertz CT molecular complexity index is 964. The molecule has 1 fully saturated rings. The van der Waals surface area contributed by atoms with Crippen LogP contribution in [0.15, 0.2) is 35.1 Å². The zero-order valence-electron chi connectivity index (χ0n) is 16.6. The number of hydrogen-bond acceptors (Lipinski definition) is 6. The topological polar surface area (TPSA) is 110 Å². The fourth-order valence-corrected chi connectivity index (χ4v) is 3.62. The van der Waals surface area contributed by atoms with Gasteiger partial charge in [0.25, 0.3) is 11.6 Å². The summed E-state index contributed by atoms with van der Waals surface area (Å²) in [5.74, 6) is -0.545. The van der Waals surface area contributed by atoms with Crippen molar-refractivity contribution in [3.05, 3.63) is 62.1 Å². The number of hydrogen-bond donors (Lipinski definition) is 1. The molecule has 2 aromatic rings. The van der Waals surface area contributed by atoms with Gasteiger partial charge in [0.1, 0.15) is 5.69 Å². The van der Waals surface area contributed by atoms with Gasteiger partial charge >= 0.3 is 0 Å². The number of nitrogens with one attached hydrogen (secondary N) is 1. The summed E-state index contributed by atoms with van der Waals surface area (Å²) in [6.45, 7) is 6.61. The smallest absolute Gasteiger partial charge is 0.294 e. The molecule has 1 saturated heterocycles. The maximum Gasteiger partial charge on any atom is 0.294 e. The number of piperidine rings is 1. The molecule has 1 amide bonds. The highest BCUT2D eigenvalue weighted by Crippen LogP contribution is 2.22. The Morgan fingerprint density at radius 1 is 1.31 bits per heavy atom. The number of benzene rings is 1. The maximum atomic E-state index is 12.7. The molecule has 0 atom stereocenters. The van der Waals surface area contributed by atoms with Gasteiger partial charge in [-0.2, -0.15) is 5.10 Å². The van der Waals surface area contributed by atoms with Crippen LogP contribution in [0.3, 0.4) is 0 Å². The molecular weight excluding hydrogens is 374 g/mol. The van der Waals surface area contributed by atoms with E-state index in [1.54, 1.807) is 19.1 Å². The minimum atomic E-state index is -0.545. The van der Waals surface area contributed by atoms with Crippen LogP contribution in [-0.4, -0.2) is 51.2 Å². The third-order valence-electron chi connectivity index (χ3n) is 5.09. The van der Waals surface area contributed by atoms with E-state index in [4.69, 9.17) is 0 Å². The Kier molecular flexibility index (Phi) is 6.38. The molecule has 0 aliphatic carbocycles. The molecule has 9 heteroatoms. The second-order valence-corrected chi connectivity index (χ2v) is 7.25. The normalized spacial score (nSPS) is 15.2. The van der Waals surface area contributed by atoms with Crippen molar-refractivity contribution in [1.29, 1.82) is 0 Å². The van der Waals surface area contributed by atoms with Gasteiger partial charge in [-0.3, -0.25) is 19.7 Å². The molecule has 29 heavy (non-hydrogen) atoms. The lowest BCUT2D eigenvalue weighted by Gasteiger charge is -2.31. The van der Waals surface area contributed by atoms with Gasteiger partial charge in [0.05, 0.1) is 4.92 Å². The van der Waals surface area contributed by atoms with Crippen molar-refractivity contribution in [3.8, 4) is 5.69 Å². The number of nitro groups is 1. The molecule has 1 aromatic heterocycles.